The van der Waals surface area contributed by atoms with Gasteiger partial charge in [-0.15, -0.1) is 15.0 Å². The molecule has 0 aliphatic heterocycles. The topological polar surface area (TPSA) is 69.0 Å². The van der Waals surface area contributed by atoms with Gasteiger partial charge in [-0.2, -0.15) is 0 Å². The minimum Gasteiger partial charge on any atom is -0.482 e. The van der Waals surface area contributed by atoms with Gasteiger partial charge in [0.05, 0.1) is 10.2 Å². The van der Waals surface area contributed by atoms with Crippen LogP contribution in [0.1, 0.15) is 16.7 Å². The fourth-order valence-corrected chi connectivity index (χ4v) is 4.89. The molecule has 0 aliphatic carbocycles. The van der Waals surface area contributed by atoms with E-state index in [4.69, 9.17) is 4.74 Å². The number of benzene rings is 4. The highest BCUT2D eigenvalue weighted by Crippen LogP contribution is 2.30. The highest BCUT2D eigenvalue weighted by molar-refractivity contribution is 9.10. The summed E-state index contributed by atoms with van der Waals surface area (Å²) in [5, 5.41) is 14.5. The van der Waals surface area contributed by atoms with Crippen molar-refractivity contribution in [1.29, 1.82) is 0 Å². The first-order valence-corrected chi connectivity index (χ1v) is 11.7. The maximum absolute atomic E-state index is 12.6. The molecule has 0 radical (unpaired) electrons. The summed E-state index contributed by atoms with van der Waals surface area (Å²) in [4.78, 5) is 14.3. The van der Waals surface area contributed by atoms with Gasteiger partial charge in [-0.3, -0.25) is 4.79 Å². The van der Waals surface area contributed by atoms with Crippen molar-refractivity contribution in [2.75, 3.05) is 11.9 Å². The minimum atomic E-state index is -0.240. The molecule has 1 heterocycles. The van der Waals surface area contributed by atoms with Gasteiger partial charge in [0, 0.05) is 11.1 Å². The molecule has 0 fully saturated rings. The lowest BCUT2D eigenvalue weighted by atomic mass is 10.1. The Bertz CT molecular complexity index is 1530. The Kier molecular flexibility index (Phi) is 5.79. The van der Waals surface area contributed by atoms with E-state index >= 15 is 0 Å². The summed E-state index contributed by atoms with van der Waals surface area (Å²) in [5.41, 5.74) is 6.06. The van der Waals surface area contributed by atoms with Crippen molar-refractivity contribution in [2.45, 2.75) is 20.8 Å². The van der Waals surface area contributed by atoms with Gasteiger partial charge in [-0.1, -0.05) is 42.5 Å². The third-order valence-corrected chi connectivity index (χ3v) is 6.29. The van der Waals surface area contributed by atoms with E-state index in [0.717, 1.165) is 43.1 Å². The zero-order valence-electron chi connectivity index (χ0n) is 19.1. The van der Waals surface area contributed by atoms with Crippen molar-refractivity contribution in [2.24, 2.45) is 0 Å². The van der Waals surface area contributed by atoms with E-state index in [1.54, 1.807) is 4.80 Å². The lowest BCUT2D eigenvalue weighted by Gasteiger charge is -2.13. The number of hydrogen-bond donors (Lipinski definition) is 1. The van der Waals surface area contributed by atoms with Gasteiger partial charge in [0.15, 0.2) is 6.61 Å². The van der Waals surface area contributed by atoms with Gasteiger partial charge in [-0.25, -0.2) is 0 Å². The molecule has 0 bridgehead atoms. The molecule has 1 aromatic heterocycles. The Morgan fingerprint density at radius 2 is 1.68 bits per heavy atom. The maximum Gasteiger partial charge on any atom is 0.262 e. The van der Waals surface area contributed by atoms with E-state index in [2.05, 4.69) is 49.6 Å². The van der Waals surface area contributed by atoms with Crippen LogP contribution < -0.4 is 10.1 Å². The predicted octanol–water partition coefficient (Wildman–Crippen LogP) is 6.28. The summed E-state index contributed by atoms with van der Waals surface area (Å²) >= 11 is 3.52. The molecule has 0 aliphatic rings. The number of rotatable bonds is 5. The van der Waals surface area contributed by atoms with Crippen LogP contribution >= 0.6 is 15.9 Å². The Morgan fingerprint density at radius 3 is 2.47 bits per heavy atom. The molecule has 0 saturated carbocycles. The minimum absolute atomic E-state index is 0.0946. The van der Waals surface area contributed by atoms with Crippen molar-refractivity contribution >= 4 is 49.3 Å². The van der Waals surface area contributed by atoms with Crippen molar-refractivity contribution in [3.05, 3.63) is 87.9 Å². The fraction of sp³-hybridized carbons (Fsp3) is 0.148. The summed E-state index contributed by atoms with van der Waals surface area (Å²) in [6.45, 7) is 5.82. The molecule has 6 nitrogen and oxygen atoms in total. The largest absolute Gasteiger partial charge is 0.482 e. The summed E-state index contributed by atoms with van der Waals surface area (Å²) < 4.78 is 6.63. The molecule has 0 saturated heterocycles. The molecule has 1 amide bonds. The molecule has 4 aromatic carbocycles. The lowest BCUT2D eigenvalue weighted by molar-refractivity contribution is -0.118. The average molecular weight is 515 g/mol. The molecule has 1 N–H and O–H groups in total. The first kappa shape index (κ1) is 22.1. The molecule has 5 aromatic rings. The number of fused-ring (bicyclic) bond motifs is 2. The second-order valence-electron chi connectivity index (χ2n) is 8.37. The van der Waals surface area contributed by atoms with Gasteiger partial charge in [0.1, 0.15) is 16.8 Å². The summed E-state index contributed by atoms with van der Waals surface area (Å²) in [5.74, 6) is 0.432. The predicted molar refractivity (Wildman–Crippen MR) is 139 cm³/mol. The van der Waals surface area contributed by atoms with Gasteiger partial charge in [0.25, 0.3) is 5.91 Å². The number of carbonyl (C=O) groups is 1. The molecule has 0 unspecified atom stereocenters. The normalized spacial score (nSPS) is 11.2. The molecule has 0 atom stereocenters. The average Bonchev–Trinajstić information content (AvgIpc) is 3.20. The number of nitrogens with one attached hydrogen (secondary N) is 1. The fourth-order valence-electron chi connectivity index (χ4n) is 4.10. The molecule has 0 spiro atoms. The van der Waals surface area contributed by atoms with E-state index in [9.17, 15) is 4.79 Å². The highest BCUT2D eigenvalue weighted by atomic mass is 79.9. The lowest BCUT2D eigenvalue weighted by Crippen LogP contribution is -2.21. The highest BCUT2D eigenvalue weighted by Gasteiger charge is 2.14. The van der Waals surface area contributed by atoms with E-state index in [0.29, 0.717) is 17.0 Å². The van der Waals surface area contributed by atoms with Gasteiger partial charge in [-0.05, 0) is 83.0 Å². The van der Waals surface area contributed by atoms with Crippen molar-refractivity contribution in [3.63, 3.8) is 0 Å². The molecular weight excluding hydrogens is 492 g/mol. The second-order valence-corrected chi connectivity index (χ2v) is 9.23. The van der Waals surface area contributed by atoms with E-state index in [-0.39, 0.29) is 12.5 Å². The third-order valence-electron chi connectivity index (χ3n) is 5.70. The van der Waals surface area contributed by atoms with Gasteiger partial charge >= 0.3 is 0 Å². The van der Waals surface area contributed by atoms with Crippen LogP contribution in [0.15, 0.2) is 71.2 Å². The van der Waals surface area contributed by atoms with Crippen molar-refractivity contribution < 1.29 is 9.53 Å². The number of aryl methyl sites for hydroxylation is 3. The smallest absolute Gasteiger partial charge is 0.262 e. The standard InChI is InChI=1S/C27H23BrN4O2/c1-16-11-18(3)27(21(28)12-16)34-15-26(33)29-22-14-24-23(13-17(22)2)30-32(31-24)25-10-6-8-19-7-4-5-9-20(19)25/h4-14H,15H2,1-3H3,(H,29,33). The van der Waals surface area contributed by atoms with Crippen LogP contribution in [0.5, 0.6) is 5.75 Å². The Labute approximate surface area is 205 Å². The molecular formula is C27H23BrN4O2. The van der Waals surface area contributed by atoms with Crippen LogP contribution in [-0.4, -0.2) is 27.5 Å². The quantitative estimate of drug-likeness (QED) is 0.299. The number of anilines is 1. The molecule has 5 rings (SSSR count). The Hall–Kier alpha value is -3.71. The monoisotopic (exact) mass is 514 g/mol. The number of carbonyl (C=O) groups excluding carboxylic acids is 1. The van der Waals surface area contributed by atoms with E-state index < -0.39 is 0 Å². The Balaban J connectivity index is 1.38. The second kappa shape index (κ2) is 8.91. The number of halogens is 1. The summed E-state index contributed by atoms with van der Waals surface area (Å²) in [6, 6.07) is 22.0. The summed E-state index contributed by atoms with van der Waals surface area (Å²) in [6.07, 6.45) is 0. The number of aromatic nitrogens is 3. The van der Waals surface area contributed by atoms with Crippen molar-refractivity contribution in [3.8, 4) is 11.4 Å². The zero-order chi connectivity index (χ0) is 23.8. The number of hydrogen-bond acceptors (Lipinski definition) is 4. The van der Waals surface area contributed by atoms with Crippen LogP contribution in [0.25, 0.3) is 27.5 Å². The van der Waals surface area contributed by atoms with Crippen LogP contribution in [0.3, 0.4) is 0 Å². The number of nitrogens with zero attached hydrogens (tertiary/aromatic N) is 3. The molecule has 34 heavy (non-hydrogen) atoms. The third kappa shape index (κ3) is 4.26. The number of ether oxygens (including phenoxy) is 1. The van der Waals surface area contributed by atoms with Crippen molar-refractivity contribution in [1.82, 2.24) is 15.0 Å². The van der Waals surface area contributed by atoms with Crippen LogP contribution in [0.2, 0.25) is 0 Å². The summed E-state index contributed by atoms with van der Waals surface area (Å²) in [7, 11) is 0. The first-order valence-electron chi connectivity index (χ1n) is 10.9. The van der Waals surface area contributed by atoms with Crippen LogP contribution in [0.4, 0.5) is 5.69 Å². The van der Waals surface area contributed by atoms with Gasteiger partial charge in [0.2, 0.25) is 0 Å². The zero-order valence-corrected chi connectivity index (χ0v) is 20.7. The number of amides is 1. The SMILES string of the molecule is Cc1cc(C)c(OCC(=O)Nc2cc3nn(-c4cccc5ccccc45)nc3cc2C)c(Br)c1. The van der Waals surface area contributed by atoms with Gasteiger partial charge < -0.3 is 10.1 Å². The maximum atomic E-state index is 12.6. The molecule has 170 valence electrons. The van der Waals surface area contributed by atoms with E-state index in [1.807, 2.05) is 69.3 Å². The Morgan fingerprint density at radius 1 is 0.941 bits per heavy atom. The van der Waals surface area contributed by atoms with E-state index in [1.165, 1.54) is 0 Å². The molecule has 7 heteroatoms. The van der Waals surface area contributed by atoms with Crippen LogP contribution in [-0.2, 0) is 4.79 Å². The first-order chi connectivity index (χ1) is 16.4. The van der Waals surface area contributed by atoms with Crippen LogP contribution in [0, 0.1) is 20.8 Å².